The molecule has 38 nitrogen and oxygen atoms in total. The van der Waals surface area contributed by atoms with Crippen molar-refractivity contribution in [3.63, 3.8) is 0 Å². The Morgan fingerprint density at radius 2 is 0.743 bits per heavy atom. The normalized spacial score (nSPS) is 22.7. The average molecular weight is 2050 g/mol. The van der Waals surface area contributed by atoms with Crippen LogP contribution in [-0.2, 0) is 82.4 Å². The van der Waals surface area contributed by atoms with Crippen molar-refractivity contribution < 1.29 is 93.5 Å². The minimum absolute atomic E-state index is 0.0319. The number of hydrogen-bond donors (Lipinski definition) is 12. The van der Waals surface area contributed by atoms with Crippen LogP contribution < -0.4 is 63.8 Å². The fourth-order valence-corrected chi connectivity index (χ4v) is 22.5. The summed E-state index contributed by atoms with van der Waals surface area (Å²) in [5, 5.41) is 33.0. The van der Waals surface area contributed by atoms with E-state index in [2.05, 4.69) is 101 Å². The van der Waals surface area contributed by atoms with Gasteiger partial charge in [-0.1, -0.05) is 162 Å². The van der Waals surface area contributed by atoms with Gasteiger partial charge in [0, 0.05) is 117 Å². The highest BCUT2D eigenvalue weighted by Gasteiger charge is 2.57. The van der Waals surface area contributed by atoms with Crippen LogP contribution in [0.25, 0.3) is 0 Å². The predicted molar refractivity (Wildman–Crippen MR) is 551 cm³/mol. The van der Waals surface area contributed by atoms with Gasteiger partial charge < -0.3 is 83.4 Å². The highest BCUT2D eigenvalue weighted by molar-refractivity contribution is 7.89. The smallest absolute Gasteiger partial charge is 0.315 e. The Hall–Kier alpha value is -10.8. The molecule has 3 aliphatic carbocycles. The topological polar surface area (TPSA) is 505 Å². The van der Waals surface area contributed by atoms with Crippen LogP contribution in [-0.4, -0.2) is 303 Å². The van der Waals surface area contributed by atoms with Crippen molar-refractivity contribution in [3.8, 4) is 37.0 Å². The van der Waals surface area contributed by atoms with Gasteiger partial charge in [0.25, 0.3) is 17.7 Å². The molecule has 144 heavy (non-hydrogen) atoms. The van der Waals surface area contributed by atoms with E-state index >= 15 is 0 Å². The van der Waals surface area contributed by atoms with Crippen LogP contribution in [0.4, 0.5) is 14.4 Å². The molecule has 5 saturated heterocycles. The molecule has 8 aliphatic rings. The van der Waals surface area contributed by atoms with E-state index < -0.39 is 196 Å². The molecule has 3 saturated carbocycles. The first-order chi connectivity index (χ1) is 67.0. The predicted octanol–water partition coefficient (Wildman–Crippen LogP) is 5.86. The molecule has 5 aliphatic heterocycles. The lowest BCUT2D eigenvalue weighted by atomic mass is 9.85. The van der Waals surface area contributed by atoms with Gasteiger partial charge in [-0.3, -0.25) is 62.3 Å². The first-order valence-corrected chi connectivity index (χ1v) is 54.0. The number of sulfonamides is 2. The van der Waals surface area contributed by atoms with Gasteiger partial charge in [-0.2, -0.15) is 4.31 Å². The van der Waals surface area contributed by atoms with Crippen molar-refractivity contribution in [3.05, 3.63) is 38.0 Å². The molecule has 5 heterocycles. The number of likely N-dealkylation sites (tertiary alicyclic amines) is 4. The molecule has 18 atom stereocenters. The van der Waals surface area contributed by atoms with Crippen molar-refractivity contribution in [2.24, 2.45) is 68.0 Å². The number of ketones is 3. The van der Waals surface area contributed by atoms with Crippen LogP contribution in [0.1, 0.15) is 254 Å². The number of terminal acetylenes is 3. The third kappa shape index (κ3) is 33.9. The minimum atomic E-state index is -3.50. The summed E-state index contributed by atoms with van der Waals surface area (Å²) in [5.41, 5.74) is -3.66. The molecule has 0 aromatic heterocycles. The number of carbonyl (C=O) groups excluding carboxylic acids is 16. The zero-order valence-corrected chi connectivity index (χ0v) is 90.4. The number of piperidine rings is 1. The van der Waals surface area contributed by atoms with Crippen molar-refractivity contribution in [1.29, 1.82) is 0 Å². The van der Waals surface area contributed by atoms with Crippen LogP contribution in [0.2, 0.25) is 0 Å². The van der Waals surface area contributed by atoms with Crippen LogP contribution in [0.15, 0.2) is 38.0 Å². The third-order valence-electron chi connectivity index (χ3n) is 28.8. The Balaban J connectivity index is 0.000000330. The van der Waals surface area contributed by atoms with E-state index in [1.165, 1.54) is 43.7 Å². The summed E-state index contributed by atoms with van der Waals surface area (Å²) in [6, 6.07) is -12.6. The van der Waals surface area contributed by atoms with E-state index in [1.807, 2.05) is 104 Å². The molecule has 0 spiro atoms. The Bertz CT molecular complexity index is 4990. The molecule has 0 radical (unpaired) electrons. The number of nitrogens with one attached hydrogen (secondary N) is 12. The number of Topliss-reactive ketones (excluding diaryl/α,β-unsaturated/α-hetero) is 3. The number of amides is 16. The minimum Gasteiger partial charge on any atom is -0.346 e. The molecule has 8 rings (SSSR count). The highest BCUT2D eigenvalue weighted by atomic mass is 32.2. The first-order valence-electron chi connectivity index (χ1n) is 50.8. The van der Waals surface area contributed by atoms with Gasteiger partial charge in [-0.15, -0.1) is 56.8 Å². The summed E-state index contributed by atoms with van der Waals surface area (Å²) in [4.78, 5) is 221. The Morgan fingerprint density at radius 1 is 0.431 bits per heavy atom. The fraction of sp³-hybridized carbons (Fsp3) is 0.731. The maximum absolute atomic E-state index is 14.4. The zero-order chi connectivity index (χ0) is 108. The number of urea groups is 3. The number of carbonyl (C=O) groups is 16. The summed E-state index contributed by atoms with van der Waals surface area (Å²) < 4.78 is 52.6. The second kappa shape index (κ2) is 53.0. The lowest BCUT2D eigenvalue weighted by Crippen LogP contribution is -2.62. The molecule has 0 aromatic carbocycles. The summed E-state index contributed by atoms with van der Waals surface area (Å²) >= 11 is 0. The summed E-state index contributed by atoms with van der Waals surface area (Å²) in [6.45, 7) is 48.7. The maximum Gasteiger partial charge on any atom is 0.315 e. The summed E-state index contributed by atoms with van der Waals surface area (Å²) in [7, 11) is -5.43. The molecule has 804 valence electrons. The third-order valence-corrected chi connectivity index (χ3v) is 32.5. The fourth-order valence-electron chi connectivity index (χ4n) is 20.1. The molecular formula is C104H166N18O20S2. The van der Waals surface area contributed by atoms with E-state index in [0.717, 1.165) is 64.2 Å². The number of nitrogens with zero attached hydrogens (tertiary/aromatic N) is 6. The zero-order valence-electron chi connectivity index (χ0n) is 88.8. The second-order valence-electron chi connectivity index (χ2n) is 45.9. The molecule has 0 aromatic rings. The molecule has 8 fully saturated rings. The molecule has 3 unspecified atom stereocenters. The number of rotatable bonds is 41. The van der Waals surface area contributed by atoms with Crippen LogP contribution >= 0.6 is 0 Å². The van der Waals surface area contributed by atoms with Gasteiger partial charge in [0.2, 0.25) is 78.7 Å². The van der Waals surface area contributed by atoms with Gasteiger partial charge >= 0.3 is 18.1 Å². The van der Waals surface area contributed by atoms with E-state index in [1.54, 1.807) is 37.5 Å². The van der Waals surface area contributed by atoms with Gasteiger partial charge in [-0.25, -0.2) is 35.5 Å². The quantitative estimate of drug-likeness (QED) is 0.0193. The summed E-state index contributed by atoms with van der Waals surface area (Å²) in [6.07, 6.45) is 31.5. The van der Waals surface area contributed by atoms with Crippen molar-refractivity contribution in [2.45, 2.75) is 326 Å². The van der Waals surface area contributed by atoms with Gasteiger partial charge in [0.05, 0.1) is 35.7 Å². The van der Waals surface area contributed by atoms with Crippen LogP contribution in [0, 0.1) is 105 Å². The van der Waals surface area contributed by atoms with Crippen molar-refractivity contribution in [2.75, 3.05) is 90.5 Å². The number of hydrogen-bond acceptors (Lipinski definition) is 20. The van der Waals surface area contributed by atoms with E-state index in [4.69, 9.17) is 19.3 Å². The van der Waals surface area contributed by atoms with Gasteiger partial charge in [-0.05, 0) is 152 Å². The number of fused-ring (bicyclic) bond motifs is 3. The Kier molecular flexibility index (Phi) is 44.9. The summed E-state index contributed by atoms with van der Waals surface area (Å²) in [5.74, 6) is -0.705. The van der Waals surface area contributed by atoms with E-state index in [-0.39, 0.29) is 142 Å². The lowest BCUT2D eigenvalue weighted by molar-refractivity contribution is -0.144. The SMILES string of the molecule is C#CCCC(NC(=O)[C@@H]1[C@H]2CCC[C@H]2CN1C(=O)[C@@H](NC(=O)N[C@H](CN(C)S(=O)(=O)CC)C(C)(C)C)C(C)(C)C)C(=O)C(=O)NCC=C.C#CCCC(NC(=O)[C@@H]1[C@H]2CCC[C@H]2CN1C(=O)[C@@H](NC(=O)N[C@H](CN1CCCCC1=O)C(C)(C)C)C(C)(C)C)C(=O)C(=O)NCC=C.C#CCCC(NC(=O)[C@@H]1[C@H]2CCC[C@H]2CN1C(=O)[C@@H](NC(=O)N[C@H](CN1CCCS1(=O)=O)C(C)(C)C)C(C)(C)C)C(=O)C(=O)NCC=C. The van der Waals surface area contributed by atoms with Gasteiger partial charge in [0.1, 0.15) is 36.3 Å². The van der Waals surface area contributed by atoms with Crippen LogP contribution in [0.3, 0.4) is 0 Å². The second-order valence-corrected chi connectivity index (χ2v) is 50.3. The standard InChI is InChI=1S/C36H56N6O6.C34H54N6O7S.C34H56N6O7S/c1-9-11-17-25(29(44)32(46)37-19-10-2)38-31(45)28-24-16-14-15-23(24)21-42(28)33(47)30(36(6,7)8)40-34(48)39-26(35(3,4)5)22-41-20-13-12-18-27(41)43;1-9-11-16-24(27(41)30(43)35-17-10-2)36-29(42)26-23-15-12-14-22(23)20-40(26)31(44)28(34(6,7)8)38-32(45)37-25(33(3,4)5)21-39-18-13-19-48(39,46)47;1-11-14-18-24(27(41)30(43)35-19-12-2)36-29(42)26-23-17-15-16-22(23)20-40(26)31(44)28(34(7,8)9)38-32(45)37-25(33(4,5)6)21-39(10)48(46,47)13-3/h1,10,23-26,28,30H,2,11-22H2,3-8H3,(H,37,46)(H,38,45)(H2,39,40,48);1,10,22-26,28H,2,11-21H2,3-8H3,(H,35,43)(H,36,42)(H2,37,38,45);1,12,22-26,28H,2,13-21H2,3-10H3,(H,35,43)(H,36,42)(H2,37,38,45)/t23-,24-,25?,26+,28-,30+;2*22-,23-,24?,25+,26-,28+/m000/s1. The average Bonchev–Trinajstić information content (AvgIpc) is 1.62. The van der Waals surface area contributed by atoms with E-state index in [0.29, 0.717) is 58.5 Å². The van der Waals surface area contributed by atoms with Crippen molar-refractivity contribution >= 4 is 115 Å². The first kappa shape index (κ1) is 122. The Labute approximate surface area is 854 Å². The maximum atomic E-state index is 14.4. The van der Waals surface area contributed by atoms with Crippen molar-refractivity contribution in [1.82, 2.24) is 92.0 Å². The number of likely N-dealkylation sites (N-methyl/N-ethyl adjacent to an activating group) is 1. The molecule has 16 amide bonds. The largest absolute Gasteiger partial charge is 0.346 e. The molecule has 12 N–H and O–H groups in total. The molecular weight excluding hydrogens is 1890 g/mol. The highest BCUT2D eigenvalue weighted by Crippen LogP contribution is 2.47. The molecule has 40 heteroatoms. The van der Waals surface area contributed by atoms with Gasteiger partial charge in [0.15, 0.2) is 0 Å². The Morgan fingerprint density at radius 3 is 1.01 bits per heavy atom. The monoisotopic (exact) mass is 2050 g/mol. The van der Waals surface area contributed by atoms with E-state index in [9.17, 15) is 93.5 Å². The lowest BCUT2D eigenvalue weighted by Gasteiger charge is -2.39. The molecule has 0 bridgehead atoms. The van der Waals surface area contributed by atoms with Crippen LogP contribution in [0.5, 0.6) is 0 Å².